The minimum atomic E-state index is -0.387. The van der Waals surface area contributed by atoms with E-state index in [0.29, 0.717) is 11.1 Å². The van der Waals surface area contributed by atoms with E-state index in [1.165, 1.54) is 0 Å². The summed E-state index contributed by atoms with van der Waals surface area (Å²) in [7, 11) is 0. The van der Waals surface area contributed by atoms with Crippen LogP contribution in [0.15, 0.2) is 59.5 Å². The number of fused-ring (bicyclic) bond motifs is 1. The molecule has 4 aromatic rings. The Morgan fingerprint density at radius 1 is 1.22 bits per heavy atom. The summed E-state index contributed by atoms with van der Waals surface area (Å²) >= 11 is 0. The summed E-state index contributed by atoms with van der Waals surface area (Å²) in [5, 5.41) is 27.2. The van der Waals surface area contributed by atoms with Gasteiger partial charge in [-0.25, -0.2) is 9.78 Å². The van der Waals surface area contributed by atoms with E-state index in [1.54, 1.807) is 6.20 Å². The number of para-hydroxylation sites is 1. The highest BCUT2D eigenvalue weighted by molar-refractivity contribution is 6.17. The molecule has 0 radical (unpaired) electrons. The first-order valence-corrected chi connectivity index (χ1v) is 10.6. The van der Waals surface area contributed by atoms with Gasteiger partial charge in [-0.05, 0) is 43.7 Å². The number of nitrogen functional groups attached to an aromatic ring is 1. The second-order valence-electron chi connectivity index (χ2n) is 7.92. The summed E-state index contributed by atoms with van der Waals surface area (Å²) in [6.45, 7) is 1.71. The van der Waals surface area contributed by atoms with Gasteiger partial charge < -0.3 is 16.4 Å². The van der Waals surface area contributed by atoms with Crippen molar-refractivity contribution < 1.29 is 0 Å². The first kappa shape index (κ1) is 20.0. The average molecular weight is 429 g/mol. The molecule has 9 nitrogen and oxygen atoms in total. The standard InChI is InChI=1S/C23H24N8O/c24-20(19-21(23(32)30-29-22(19)25)28-16-5-4-10-26-13-16)14-8-9-18-15(11-14)12-27-31(18)17-6-2-1-3-7-17/h1-3,6-9,11-12,16,24,26H,4-5,10,13H2,(H,30,32)(H3,25,28,29). The Balaban J connectivity index is 1.53. The maximum atomic E-state index is 12.6. The molecule has 0 saturated carbocycles. The number of nitrogens with one attached hydrogen (secondary N) is 4. The zero-order valence-electron chi connectivity index (χ0n) is 17.4. The van der Waals surface area contributed by atoms with Crippen molar-refractivity contribution in [2.24, 2.45) is 0 Å². The van der Waals surface area contributed by atoms with Gasteiger partial charge in [-0.2, -0.15) is 10.2 Å². The molecular formula is C23H24N8O. The van der Waals surface area contributed by atoms with E-state index in [2.05, 4.69) is 25.9 Å². The quantitative estimate of drug-likeness (QED) is 0.309. The van der Waals surface area contributed by atoms with E-state index < -0.39 is 0 Å². The van der Waals surface area contributed by atoms with Crippen molar-refractivity contribution in [3.8, 4) is 5.69 Å². The third-order valence-electron chi connectivity index (χ3n) is 5.76. The van der Waals surface area contributed by atoms with Crippen molar-refractivity contribution in [3.05, 3.63) is 76.2 Å². The lowest BCUT2D eigenvalue weighted by Gasteiger charge is -2.25. The minimum absolute atomic E-state index is 0.0878. The van der Waals surface area contributed by atoms with Crippen molar-refractivity contribution in [1.29, 1.82) is 5.41 Å². The van der Waals surface area contributed by atoms with Gasteiger partial charge in [-0.3, -0.25) is 10.2 Å². The number of benzene rings is 2. The van der Waals surface area contributed by atoms with Crippen LogP contribution in [0, 0.1) is 5.41 Å². The number of anilines is 2. The van der Waals surface area contributed by atoms with Crippen LogP contribution in [0.25, 0.3) is 16.6 Å². The van der Waals surface area contributed by atoms with Crippen LogP contribution in [0.5, 0.6) is 0 Å². The second-order valence-corrected chi connectivity index (χ2v) is 7.92. The van der Waals surface area contributed by atoms with Gasteiger partial charge >= 0.3 is 0 Å². The van der Waals surface area contributed by atoms with Crippen molar-refractivity contribution in [2.45, 2.75) is 18.9 Å². The lowest BCUT2D eigenvalue weighted by molar-refractivity contribution is 0.479. The summed E-state index contributed by atoms with van der Waals surface area (Å²) in [5.41, 5.74) is 9.01. The van der Waals surface area contributed by atoms with Crippen LogP contribution in [-0.2, 0) is 0 Å². The molecular weight excluding hydrogens is 404 g/mol. The Morgan fingerprint density at radius 3 is 2.84 bits per heavy atom. The van der Waals surface area contributed by atoms with E-state index in [0.717, 1.165) is 42.5 Å². The van der Waals surface area contributed by atoms with E-state index in [4.69, 9.17) is 11.1 Å². The SMILES string of the molecule is N=C(c1ccc2c(cnn2-c2ccccc2)c1)c1c(N)n[nH]c(=O)c1NC1CCCNC1. The van der Waals surface area contributed by atoms with Crippen LogP contribution in [0.4, 0.5) is 11.5 Å². The Kier molecular flexibility index (Phi) is 5.16. The normalized spacial score (nSPS) is 16.2. The third kappa shape index (κ3) is 3.63. The zero-order valence-corrected chi connectivity index (χ0v) is 17.4. The predicted molar refractivity (Wildman–Crippen MR) is 126 cm³/mol. The number of H-pyrrole nitrogens is 1. The van der Waals surface area contributed by atoms with Gasteiger partial charge in [0.15, 0.2) is 5.82 Å². The Hall–Kier alpha value is -3.98. The van der Waals surface area contributed by atoms with Crippen LogP contribution in [0.2, 0.25) is 0 Å². The Labute approximate surface area is 184 Å². The first-order valence-electron chi connectivity index (χ1n) is 10.6. The van der Waals surface area contributed by atoms with E-state index in [9.17, 15) is 4.79 Å². The lowest BCUT2D eigenvalue weighted by Crippen LogP contribution is -2.40. The molecule has 6 N–H and O–H groups in total. The largest absolute Gasteiger partial charge is 0.382 e. The minimum Gasteiger partial charge on any atom is -0.382 e. The van der Waals surface area contributed by atoms with Crippen molar-refractivity contribution in [3.63, 3.8) is 0 Å². The predicted octanol–water partition coefficient (Wildman–Crippen LogP) is 2.27. The van der Waals surface area contributed by atoms with Crippen molar-refractivity contribution in [1.82, 2.24) is 25.3 Å². The summed E-state index contributed by atoms with van der Waals surface area (Å²) < 4.78 is 1.86. The molecule has 2 aromatic carbocycles. The molecule has 1 fully saturated rings. The van der Waals surface area contributed by atoms with Gasteiger partial charge in [-0.1, -0.05) is 24.3 Å². The highest BCUT2D eigenvalue weighted by Crippen LogP contribution is 2.25. The van der Waals surface area contributed by atoms with Crippen LogP contribution < -0.4 is 21.9 Å². The number of aromatic nitrogens is 4. The number of hydrogen-bond acceptors (Lipinski definition) is 7. The Morgan fingerprint density at radius 2 is 2.06 bits per heavy atom. The molecule has 162 valence electrons. The highest BCUT2D eigenvalue weighted by atomic mass is 16.1. The molecule has 0 spiro atoms. The lowest BCUT2D eigenvalue weighted by atomic mass is 9.99. The fourth-order valence-corrected chi connectivity index (χ4v) is 4.14. The molecule has 5 rings (SSSR count). The van der Waals surface area contributed by atoms with E-state index >= 15 is 0 Å². The number of rotatable bonds is 5. The van der Waals surface area contributed by atoms with Gasteiger partial charge in [0.1, 0.15) is 5.69 Å². The second kappa shape index (κ2) is 8.27. The van der Waals surface area contributed by atoms with Crippen LogP contribution in [-0.4, -0.2) is 44.8 Å². The Bertz CT molecular complexity index is 1340. The first-order chi connectivity index (χ1) is 15.6. The molecule has 1 aliphatic rings. The molecule has 0 amide bonds. The van der Waals surface area contributed by atoms with Crippen LogP contribution in [0.1, 0.15) is 24.0 Å². The summed E-state index contributed by atoms with van der Waals surface area (Å²) in [6.07, 6.45) is 3.72. The molecule has 1 atom stereocenters. The molecule has 9 heteroatoms. The molecule has 3 heterocycles. The topological polar surface area (TPSA) is 138 Å². The van der Waals surface area contributed by atoms with E-state index in [1.807, 2.05) is 53.2 Å². The fraction of sp³-hybridized carbons (Fsp3) is 0.217. The van der Waals surface area contributed by atoms with Crippen molar-refractivity contribution in [2.75, 3.05) is 24.1 Å². The monoisotopic (exact) mass is 428 g/mol. The van der Waals surface area contributed by atoms with Crippen LogP contribution >= 0.6 is 0 Å². The van der Waals surface area contributed by atoms with Gasteiger partial charge in [0.05, 0.1) is 28.7 Å². The van der Waals surface area contributed by atoms with E-state index in [-0.39, 0.29) is 28.8 Å². The molecule has 1 aliphatic heterocycles. The molecule has 0 bridgehead atoms. The van der Waals surface area contributed by atoms with Crippen molar-refractivity contribution >= 4 is 28.1 Å². The molecule has 0 aliphatic carbocycles. The molecule has 1 saturated heterocycles. The third-order valence-corrected chi connectivity index (χ3v) is 5.76. The van der Waals surface area contributed by atoms with Gasteiger partial charge in [0.25, 0.3) is 5.56 Å². The summed E-state index contributed by atoms with van der Waals surface area (Å²) in [5.74, 6) is 0.112. The van der Waals surface area contributed by atoms with Gasteiger partial charge in [0, 0.05) is 23.5 Å². The molecule has 2 aromatic heterocycles. The fourth-order valence-electron chi connectivity index (χ4n) is 4.14. The number of nitrogens with zero attached hydrogens (tertiary/aromatic N) is 3. The maximum Gasteiger partial charge on any atom is 0.288 e. The van der Waals surface area contributed by atoms with Gasteiger partial charge in [-0.15, -0.1) is 0 Å². The molecule has 32 heavy (non-hydrogen) atoms. The highest BCUT2D eigenvalue weighted by Gasteiger charge is 2.22. The summed E-state index contributed by atoms with van der Waals surface area (Å²) in [4.78, 5) is 12.6. The van der Waals surface area contributed by atoms with Crippen LogP contribution in [0.3, 0.4) is 0 Å². The number of nitrogens with two attached hydrogens (primary N) is 1. The number of piperidine rings is 1. The van der Waals surface area contributed by atoms with Gasteiger partial charge in [0.2, 0.25) is 0 Å². The summed E-state index contributed by atoms with van der Waals surface area (Å²) in [6, 6.07) is 15.6. The average Bonchev–Trinajstić information content (AvgIpc) is 3.26. The smallest absolute Gasteiger partial charge is 0.288 e. The zero-order chi connectivity index (χ0) is 22.1. The maximum absolute atomic E-state index is 12.6. The molecule has 1 unspecified atom stereocenters. The number of aromatic amines is 1. The number of hydrogen-bond donors (Lipinski definition) is 5.